The van der Waals surface area contributed by atoms with Gasteiger partial charge in [0.1, 0.15) is 8.07 Å². The Balaban J connectivity index is 1.70. The molecule has 0 aromatic heterocycles. The molecule has 6 heteroatoms. The predicted octanol–water partition coefficient (Wildman–Crippen LogP) is 4.91. The Morgan fingerprint density at radius 2 is 1.50 bits per heavy atom. The summed E-state index contributed by atoms with van der Waals surface area (Å²) in [5.74, 6) is 2.24. The molecule has 4 nitrogen and oxygen atoms in total. The molecule has 0 amide bonds. The molecule has 2 fully saturated rings. The quantitative estimate of drug-likeness (QED) is 0.506. The maximum atomic E-state index is 6.42. The monoisotopic (exact) mass is 478 g/mol. The van der Waals surface area contributed by atoms with E-state index in [4.69, 9.17) is 18.8 Å². The van der Waals surface area contributed by atoms with E-state index >= 15 is 0 Å². The molecule has 0 spiro atoms. The Morgan fingerprint density at radius 3 is 2.00 bits per heavy atom. The summed E-state index contributed by atoms with van der Waals surface area (Å²) in [6.07, 6.45) is 3.99. The fourth-order valence-corrected chi connectivity index (χ4v) is 8.71. The summed E-state index contributed by atoms with van der Waals surface area (Å²) in [6, 6.07) is 21.8. The Morgan fingerprint density at radius 1 is 0.941 bits per heavy atom. The van der Waals surface area contributed by atoms with Crippen molar-refractivity contribution < 1.29 is 18.8 Å². The van der Waals surface area contributed by atoms with Crippen LogP contribution in [-0.2, 0) is 18.8 Å². The van der Waals surface area contributed by atoms with E-state index in [1.807, 2.05) is 0 Å². The average molecular weight is 479 g/mol. The van der Waals surface area contributed by atoms with E-state index in [-0.39, 0.29) is 24.6 Å². The topological polar surface area (TPSA) is 36.9 Å². The van der Waals surface area contributed by atoms with Gasteiger partial charge < -0.3 is 18.8 Å². The molecule has 182 valence electrons. The van der Waals surface area contributed by atoms with Gasteiger partial charge in [0.25, 0.3) is 0 Å². The lowest BCUT2D eigenvalue weighted by atomic mass is 9.89. The smallest absolute Gasteiger partial charge is 0.400 e. The predicted molar refractivity (Wildman–Crippen MR) is 142 cm³/mol. The highest BCUT2D eigenvalue weighted by Gasteiger charge is 2.51. The molecule has 0 radical (unpaired) electrons. The van der Waals surface area contributed by atoms with Crippen LogP contribution in [0.25, 0.3) is 0 Å². The van der Waals surface area contributed by atoms with E-state index in [1.54, 1.807) is 0 Å². The highest BCUT2D eigenvalue weighted by Crippen LogP contribution is 2.38. The van der Waals surface area contributed by atoms with Crippen LogP contribution in [0.15, 0.2) is 71.8 Å². The average Bonchev–Trinajstić information content (AvgIpc) is 3.05. The number of rotatable bonds is 8. The van der Waals surface area contributed by atoms with Gasteiger partial charge in [0.05, 0.1) is 17.8 Å². The summed E-state index contributed by atoms with van der Waals surface area (Å²) in [7, 11) is -2.68. The van der Waals surface area contributed by atoms with Crippen LogP contribution in [-0.4, -0.2) is 45.9 Å². The molecule has 1 atom stereocenters. The molecule has 0 saturated carbocycles. The normalized spacial score (nSPS) is 22.7. The van der Waals surface area contributed by atoms with Crippen molar-refractivity contribution in [2.75, 3.05) is 13.2 Å². The van der Waals surface area contributed by atoms with Crippen molar-refractivity contribution in [3.8, 4) is 0 Å². The van der Waals surface area contributed by atoms with Gasteiger partial charge in [-0.15, -0.1) is 0 Å². The van der Waals surface area contributed by atoms with Crippen LogP contribution >= 0.6 is 0 Å². The Labute approximate surface area is 206 Å². The van der Waals surface area contributed by atoms with Crippen molar-refractivity contribution in [2.45, 2.75) is 77.4 Å². The standard InChI is InChI=1S/C28H39BO4Si/c1-27(2)28(3,4)33-29(32-27)22-25(19-21-31-26-18-12-13-20-30-26)34(5,23-14-8-6-9-15-23)24-16-10-7-11-17-24/h6-11,14-17,22,26H,12-13,18-21H2,1-5H3/b25-22-. The van der Waals surface area contributed by atoms with E-state index in [9.17, 15) is 0 Å². The summed E-state index contributed by atoms with van der Waals surface area (Å²) in [5.41, 5.74) is -0.744. The van der Waals surface area contributed by atoms with Crippen molar-refractivity contribution in [3.05, 3.63) is 71.8 Å². The van der Waals surface area contributed by atoms with Gasteiger partial charge in [0.2, 0.25) is 0 Å². The van der Waals surface area contributed by atoms with Crippen LogP contribution in [0, 0.1) is 0 Å². The third-order valence-electron chi connectivity index (χ3n) is 7.77. The molecule has 0 bridgehead atoms. The van der Waals surface area contributed by atoms with Gasteiger partial charge in [-0.2, -0.15) is 0 Å². The minimum Gasteiger partial charge on any atom is -0.400 e. The van der Waals surface area contributed by atoms with Crippen molar-refractivity contribution in [1.82, 2.24) is 0 Å². The van der Waals surface area contributed by atoms with Gasteiger partial charge in [-0.3, -0.25) is 0 Å². The lowest BCUT2D eigenvalue weighted by Crippen LogP contribution is -2.58. The summed E-state index contributed by atoms with van der Waals surface area (Å²) < 4.78 is 24.9. The molecule has 2 saturated heterocycles. The molecule has 1 unspecified atom stereocenters. The van der Waals surface area contributed by atoms with Gasteiger partial charge in [-0.05, 0) is 63.8 Å². The third-order valence-corrected chi connectivity index (χ3v) is 12.4. The maximum Gasteiger partial charge on any atom is 0.486 e. The van der Waals surface area contributed by atoms with Gasteiger partial charge in [0.15, 0.2) is 6.29 Å². The molecule has 34 heavy (non-hydrogen) atoms. The molecule has 2 aromatic carbocycles. The van der Waals surface area contributed by atoms with Crippen LogP contribution < -0.4 is 10.4 Å². The molecule has 2 heterocycles. The van der Waals surface area contributed by atoms with Crippen LogP contribution in [0.1, 0.15) is 53.4 Å². The summed E-state index contributed by atoms with van der Waals surface area (Å²) >= 11 is 0. The van der Waals surface area contributed by atoms with E-state index < -0.39 is 8.07 Å². The van der Waals surface area contributed by atoms with Crippen molar-refractivity contribution >= 4 is 25.6 Å². The lowest BCUT2D eigenvalue weighted by Gasteiger charge is -2.33. The Kier molecular flexibility index (Phi) is 7.85. The van der Waals surface area contributed by atoms with Crippen LogP contribution in [0.5, 0.6) is 0 Å². The van der Waals surface area contributed by atoms with E-state index in [2.05, 4.69) is 101 Å². The van der Waals surface area contributed by atoms with Crippen LogP contribution in [0.2, 0.25) is 6.55 Å². The highest BCUT2D eigenvalue weighted by atomic mass is 28.3. The highest BCUT2D eigenvalue weighted by molar-refractivity contribution is 7.06. The Hall–Kier alpha value is -1.70. The van der Waals surface area contributed by atoms with Crippen molar-refractivity contribution in [1.29, 1.82) is 0 Å². The van der Waals surface area contributed by atoms with Gasteiger partial charge >= 0.3 is 7.12 Å². The summed E-state index contributed by atoms with van der Waals surface area (Å²) in [5, 5.41) is 4.11. The second kappa shape index (κ2) is 10.5. The largest absolute Gasteiger partial charge is 0.486 e. The molecule has 2 aliphatic heterocycles. The second-order valence-corrected chi connectivity index (χ2v) is 14.6. The summed E-state index contributed by atoms with van der Waals surface area (Å²) in [6.45, 7) is 12.3. The first-order chi connectivity index (χ1) is 16.2. The van der Waals surface area contributed by atoms with Crippen LogP contribution in [0.4, 0.5) is 0 Å². The zero-order valence-electron chi connectivity index (χ0n) is 21.4. The van der Waals surface area contributed by atoms with Gasteiger partial charge in [-0.1, -0.05) is 78.4 Å². The first-order valence-electron chi connectivity index (χ1n) is 12.6. The first kappa shape index (κ1) is 25.4. The minimum absolute atomic E-state index is 0.0896. The Bertz CT molecular complexity index is 899. The third kappa shape index (κ3) is 5.42. The van der Waals surface area contributed by atoms with Crippen LogP contribution in [0.3, 0.4) is 0 Å². The van der Waals surface area contributed by atoms with Crippen molar-refractivity contribution in [3.63, 3.8) is 0 Å². The zero-order chi connectivity index (χ0) is 24.2. The number of ether oxygens (including phenoxy) is 2. The maximum absolute atomic E-state index is 6.42. The van der Waals surface area contributed by atoms with E-state index in [0.29, 0.717) is 6.61 Å². The molecule has 0 N–H and O–H groups in total. The fourth-order valence-electron chi connectivity index (χ4n) is 4.84. The molecular formula is C28H39BO4Si. The lowest BCUT2D eigenvalue weighted by molar-refractivity contribution is -0.161. The fraction of sp³-hybridized carbons (Fsp3) is 0.500. The second-order valence-electron chi connectivity index (χ2n) is 10.6. The van der Waals surface area contributed by atoms with Gasteiger partial charge in [0, 0.05) is 6.61 Å². The van der Waals surface area contributed by atoms with E-state index in [0.717, 1.165) is 25.9 Å². The molecular weight excluding hydrogens is 439 g/mol. The molecule has 2 aliphatic rings. The number of hydrogen-bond donors (Lipinski definition) is 0. The number of benzene rings is 2. The molecule has 0 aliphatic carbocycles. The SMILES string of the molecule is CC1(C)OB(/C=C(/CCOC2CCCCO2)[Si](C)(c2ccccc2)c2ccccc2)OC1(C)C. The zero-order valence-corrected chi connectivity index (χ0v) is 22.4. The van der Waals surface area contributed by atoms with E-state index in [1.165, 1.54) is 22.0 Å². The number of hydrogen-bond acceptors (Lipinski definition) is 4. The molecule has 4 rings (SSSR count). The first-order valence-corrected chi connectivity index (χ1v) is 15.1. The van der Waals surface area contributed by atoms with Gasteiger partial charge in [-0.25, -0.2) is 0 Å². The molecule has 2 aromatic rings. The minimum atomic E-state index is -2.30. The summed E-state index contributed by atoms with van der Waals surface area (Å²) in [4.78, 5) is 0. The van der Waals surface area contributed by atoms with Crippen molar-refractivity contribution in [2.24, 2.45) is 0 Å².